The molecule has 0 aliphatic carbocycles. The number of ether oxygens (including phenoxy) is 1. The molecule has 0 unspecified atom stereocenters. The number of carbonyl (C=O) groups is 2. The molecule has 0 fully saturated rings. The number of aromatic nitrogens is 1. The van der Waals surface area contributed by atoms with Crippen molar-refractivity contribution < 1.29 is 18.7 Å². The maximum Gasteiger partial charge on any atom is 0.339 e. The molecule has 7 heteroatoms. The van der Waals surface area contributed by atoms with Gasteiger partial charge in [-0.15, -0.1) is 0 Å². The summed E-state index contributed by atoms with van der Waals surface area (Å²) in [5.41, 5.74) is 0.112. The molecule has 1 aromatic heterocycles. The van der Waals surface area contributed by atoms with Crippen molar-refractivity contribution >= 4 is 17.6 Å². The van der Waals surface area contributed by atoms with E-state index in [-0.39, 0.29) is 17.7 Å². The van der Waals surface area contributed by atoms with Crippen molar-refractivity contribution in [2.24, 2.45) is 0 Å². The van der Waals surface area contributed by atoms with Gasteiger partial charge in [-0.25, -0.2) is 9.18 Å². The number of aromatic amines is 1. The minimum Gasteiger partial charge on any atom is -0.462 e. The Morgan fingerprint density at radius 3 is 2.44 bits per heavy atom. The lowest BCUT2D eigenvalue weighted by atomic mass is 10.1. The highest BCUT2D eigenvalue weighted by Crippen LogP contribution is 2.13. The molecule has 25 heavy (non-hydrogen) atoms. The number of hydrogen-bond donors (Lipinski definition) is 2. The van der Waals surface area contributed by atoms with Gasteiger partial charge in [-0.3, -0.25) is 9.59 Å². The van der Waals surface area contributed by atoms with Gasteiger partial charge in [0.15, 0.2) is 0 Å². The first-order chi connectivity index (χ1) is 12.0. The van der Waals surface area contributed by atoms with E-state index in [1.165, 1.54) is 30.3 Å². The van der Waals surface area contributed by atoms with Gasteiger partial charge in [0.05, 0.1) is 12.2 Å². The number of aryl methyl sites for hydroxylation is 1. The molecule has 1 heterocycles. The Labute approximate surface area is 144 Å². The van der Waals surface area contributed by atoms with E-state index in [0.717, 1.165) is 0 Å². The summed E-state index contributed by atoms with van der Waals surface area (Å²) in [5, 5.41) is 2.50. The van der Waals surface area contributed by atoms with Crippen molar-refractivity contribution in [3.05, 3.63) is 63.3 Å². The van der Waals surface area contributed by atoms with Crippen LogP contribution in [0, 0.1) is 5.82 Å². The summed E-state index contributed by atoms with van der Waals surface area (Å²) in [6.45, 7) is 3.76. The number of H-pyrrole nitrogens is 1. The Kier molecular flexibility index (Phi) is 6.05. The second-order valence-corrected chi connectivity index (χ2v) is 5.34. The number of nitrogens with one attached hydrogen (secondary N) is 2. The van der Waals surface area contributed by atoms with Crippen LogP contribution in [-0.2, 0) is 11.2 Å². The summed E-state index contributed by atoms with van der Waals surface area (Å²) in [6, 6.07) is 6.36. The highest BCUT2D eigenvalue weighted by Gasteiger charge is 2.19. The van der Waals surface area contributed by atoms with E-state index < -0.39 is 23.3 Å². The predicted molar refractivity (Wildman–Crippen MR) is 91.4 cm³/mol. The average Bonchev–Trinajstić information content (AvgIpc) is 2.57. The van der Waals surface area contributed by atoms with Crippen LogP contribution in [0.25, 0.3) is 0 Å². The van der Waals surface area contributed by atoms with Gasteiger partial charge in [-0.1, -0.05) is 13.3 Å². The van der Waals surface area contributed by atoms with Gasteiger partial charge in [0.1, 0.15) is 11.4 Å². The van der Waals surface area contributed by atoms with Crippen LogP contribution in [0.2, 0.25) is 0 Å². The van der Waals surface area contributed by atoms with E-state index in [1.807, 2.05) is 6.92 Å². The third-order valence-electron chi connectivity index (χ3n) is 3.46. The van der Waals surface area contributed by atoms with E-state index >= 15 is 0 Å². The van der Waals surface area contributed by atoms with E-state index in [2.05, 4.69) is 10.3 Å². The molecule has 0 saturated heterocycles. The maximum absolute atomic E-state index is 12.9. The molecule has 6 nitrogen and oxygen atoms in total. The largest absolute Gasteiger partial charge is 0.462 e. The van der Waals surface area contributed by atoms with Crippen LogP contribution in [-0.4, -0.2) is 23.5 Å². The minimum absolute atomic E-state index is 0.160. The molecule has 1 aromatic carbocycles. The molecule has 0 radical (unpaired) electrons. The lowest BCUT2D eigenvalue weighted by molar-refractivity contribution is 0.0524. The van der Waals surface area contributed by atoms with Crippen molar-refractivity contribution in [3.63, 3.8) is 0 Å². The summed E-state index contributed by atoms with van der Waals surface area (Å²) in [6.07, 6.45) is 1.19. The fourth-order valence-electron chi connectivity index (χ4n) is 2.31. The number of anilines is 1. The SMILES string of the molecule is CCCc1[nH]c(=O)c(C(=O)Nc2ccc(F)cc2)cc1C(=O)OCC. The first-order valence-corrected chi connectivity index (χ1v) is 7.96. The van der Waals surface area contributed by atoms with Crippen LogP contribution >= 0.6 is 0 Å². The predicted octanol–water partition coefficient (Wildman–Crippen LogP) is 2.90. The molecule has 0 bridgehead atoms. The minimum atomic E-state index is -0.693. The van der Waals surface area contributed by atoms with Crippen molar-refractivity contribution in [1.82, 2.24) is 4.98 Å². The van der Waals surface area contributed by atoms with Gasteiger partial charge in [0.2, 0.25) is 0 Å². The van der Waals surface area contributed by atoms with E-state index in [4.69, 9.17) is 4.74 Å². The highest BCUT2D eigenvalue weighted by molar-refractivity contribution is 6.05. The van der Waals surface area contributed by atoms with Gasteiger partial charge in [0, 0.05) is 11.4 Å². The molecule has 2 aromatic rings. The van der Waals surface area contributed by atoms with E-state index in [0.29, 0.717) is 24.2 Å². The zero-order chi connectivity index (χ0) is 18.4. The van der Waals surface area contributed by atoms with Crippen molar-refractivity contribution in [2.75, 3.05) is 11.9 Å². The van der Waals surface area contributed by atoms with Crippen molar-refractivity contribution in [2.45, 2.75) is 26.7 Å². The Balaban J connectivity index is 2.37. The molecule has 0 atom stereocenters. The Morgan fingerprint density at radius 2 is 1.84 bits per heavy atom. The molecule has 0 saturated carbocycles. The summed E-state index contributed by atoms with van der Waals surface area (Å²) >= 11 is 0. The molecule has 2 N–H and O–H groups in total. The van der Waals surface area contributed by atoms with Gasteiger partial charge < -0.3 is 15.0 Å². The van der Waals surface area contributed by atoms with E-state index in [1.54, 1.807) is 6.92 Å². The zero-order valence-corrected chi connectivity index (χ0v) is 14.0. The monoisotopic (exact) mass is 346 g/mol. The first kappa shape index (κ1) is 18.4. The lowest BCUT2D eigenvalue weighted by Crippen LogP contribution is -2.26. The topological polar surface area (TPSA) is 88.3 Å². The standard InChI is InChI=1S/C18H19FN2O4/c1-3-5-15-13(18(24)25-4-2)10-14(17(23)21-15)16(22)20-12-8-6-11(19)7-9-12/h6-10H,3-5H2,1-2H3,(H,20,22)(H,21,23). The second-order valence-electron chi connectivity index (χ2n) is 5.34. The summed E-state index contributed by atoms with van der Waals surface area (Å²) in [5.74, 6) is -1.73. The van der Waals surface area contributed by atoms with Crippen LogP contribution in [0.15, 0.2) is 35.1 Å². The number of carbonyl (C=O) groups excluding carboxylic acids is 2. The number of benzene rings is 1. The smallest absolute Gasteiger partial charge is 0.339 e. The zero-order valence-electron chi connectivity index (χ0n) is 14.0. The molecule has 1 amide bonds. The number of hydrogen-bond acceptors (Lipinski definition) is 4. The second kappa shape index (κ2) is 8.23. The van der Waals surface area contributed by atoms with Gasteiger partial charge in [0.25, 0.3) is 11.5 Å². The van der Waals surface area contributed by atoms with Crippen LogP contribution in [0.4, 0.5) is 10.1 Å². The van der Waals surface area contributed by atoms with Crippen LogP contribution < -0.4 is 10.9 Å². The molecule has 0 aliphatic heterocycles. The summed E-state index contributed by atoms with van der Waals surface area (Å²) in [4.78, 5) is 39.2. The van der Waals surface area contributed by atoms with Gasteiger partial charge in [-0.2, -0.15) is 0 Å². The number of pyridine rings is 1. The normalized spacial score (nSPS) is 10.4. The first-order valence-electron chi connectivity index (χ1n) is 7.96. The Bertz CT molecular complexity index is 828. The lowest BCUT2D eigenvalue weighted by Gasteiger charge is -2.10. The third kappa shape index (κ3) is 4.53. The highest BCUT2D eigenvalue weighted by atomic mass is 19.1. The summed E-state index contributed by atoms with van der Waals surface area (Å²) < 4.78 is 17.9. The number of amides is 1. The molecule has 0 aliphatic rings. The van der Waals surface area contributed by atoms with E-state index in [9.17, 15) is 18.8 Å². The van der Waals surface area contributed by atoms with Crippen LogP contribution in [0.1, 0.15) is 46.7 Å². The quantitative estimate of drug-likeness (QED) is 0.787. The average molecular weight is 346 g/mol. The fourth-order valence-corrected chi connectivity index (χ4v) is 2.31. The molecule has 132 valence electrons. The Hall–Kier alpha value is -2.96. The van der Waals surface area contributed by atoms with Gasteiger partial charge >= 0.3 is 5.97 Å². The summed E-state index contributed by atoms with van der Waals surface area (Å²) in [7, 11) is 0. The van der Waals surface area contributed by atoms with Crippen molar-refractivity contribution in [3.8, 4) is 0 Å². The maximum atomic E-state index is 12.9. The molecule has 0 spiro atoms. The third-order valence-corrected chi connectivity index (χ3v) is 3.46. The molecule has 2 rings (SSSR count). The van der Waals surface area contributed by atoms with Crippen molar-refractivity contribution in [1.29, 1.82) is 0 Å². The van der Waals surface area contributed by atoms with Crippen LogP contribution in [0.3, 0.4) is 0 Å². The fraction of sp³-hybridized carbons (Fsp3) is 0.278. The van der Waals surface area contributed by atoms with Gasteiger partial charge in [-0.05, 0) is 43.7 Å². The number of esters is 1. The molecular weight excluding hydrogens is 327 g/mol. The van der Waals surface area contributed by atoms with Crippen LogP contribution in [0.5, 0.6) is 0 Å². The number of rotatable bonds is 6. The molecular formula is C18H19FN2O4. The Morgan fingerprint density at radius 1 is 1.16 bits per heavy atom. The number of halogens is 1.